The number of methoxy groups -OCH3 is 1. The van der Waals surface area contributed by atoms with Crippen LogP contribution in [0.2, 0.25) is 0 Å². The number of thiazole rings is 1. The molecule has 1 amide bonds. The van der Waals surface area contributed by atoms with Crippen molar-refractivity contribution in [1.29, 1.82) is 0 Å². The van der Waals surface area contributed by atoms with E-state index >= 15 is 0 Å². The zero-order chi connectivity index (χ0) is 25.5. The molecule has 0 bridgehead atoms. The number of hydrogen-bond donors (Lipinski definition) is 1. The van der Waals surface area contributed by atoms with Crippen molar-refractivity contribution in [2.75, 3.05) is 13.7 Å². The maximum atomic E-state index is 13.3. The maximum Gasteiger partial charge on any atom is 0.253 e. The third-order valence-corrected chi connectivity index (χ3v) is 8.46. The SMILES string of the molecule is CCCCC(CC)CNC(=O)c1cc(-c2csc(-c3ccc(OC)cc3)n2)n(Cc2cccs2)c1C. The number of benzene rings is 1. The van der Waals surface area contributed by atoms with Gasteiger partial charge in [0.25, 0.3) is 5.91 Å². The number of nitrogens with zero attached hydrogens (tertiary/aromatic N) is 2. The average molecular weight is 522 g/mol. The molecule has 0 spiro atoms. The molecular weight excluding hydrogens is 486 g/mol. The molecule has 5 nitrogen and oxygen atoms in total. The molecule has 0 saturated heterocycles. The summed E-state index contributed by atoms with van der Waals surface area (Å²) in [6.07, 6.45) is 4.63. The van der Waals surface area contributed by atoms with Crippen LogP contribution in [0.4, 0.5) is 0 Å². The summed E-state index contributed by atoms with van der Waals surface area (Å²) in [6, 6.07) is 14.2. The molecule has 1 unspecified atom stereocenters. The molecule has 0 saturated carbocycles. The molecule has 4 rings (SSSR count). The Morgan fingerprint density at radius 3 is 2.64 bits per heavy atom. The maximum absolute atomic E-state index is 13.3. The minimum absolute atomic E-state index is 0.000708. The summed E-state index contributed by atoms with van der Waals surface area (Å²) in [5, 5.41) is 8.33. The molecule has 4 aromatic rings. The predicted molar refractivity (Wildman–Crippen MR) is 151 cm³/mol. The van der Waals surface area contributed by atoms with Crippen LogP contribution in [0.5, 0.6) is 5.75 Å². The van der Waals surface area contributed by atoms with E-state index in [2.05, 4.69) is 46.6 Å². The largest absolute Gasteiger partial charge is 0.497 e. The molecule has 1 atom stereocenters. The van der Waals surface area contributed by atoms with Gasteiger partial charge in [-0.1, -0.05) is 39.2 Å². The van der Waals surface area contributed by atoms with Crippen LogP contribution in [0.25, 0.3) is 22.0 Å². The summed E-state index contributed by atoms with van der Waals surface area (Å²) < 4.78 is 7.51. The van der Waals surface area contributed by atoms with Crippen molar-refractivity contribution >= 4 is 28.6 Å². The number of aromatic nitrogens is 2. The molecule has 7 heteroatoms. The first-order valence-corrected chi connectivity index (χ1v) is 14.4. The highest BCUT2D eigenvalue weighted by Gasteiger charge is 2.21. The van der Waals surface area contributed by atoms with Crippen molar-refractivity contribution in [1.82, 2.24) is 14.9 Å². The molecule has 36 heavy (non-hydrogen) atoms. The highest BCUT2D eigenvalue weighted by Crippen LogP contribution is 2.33. The van der Waals surface area contributed by atoms with Gasteiger partial charge in [0.2, 0.25) is 0 Å². The van der Waals surface area contributed by atoms with Crippen molar-refractivity contribution in [2.45, 2.75) is 53.0 Å². The standard InChI is InChI=1S/C29H35N3O2S2/c1-5-7-9-21(6-2)17-30-28(33)25-16-27(32(20(25)3)18-24-10-8-15-35-24)26-19-36-29(31-26)22-11-13-23(34-4)14-12-22/h8,10-16,19,21H,5-7,9,17-18H2,1-4H3,(H,30,33). The van der Waals surface area contributed by atoms with Crippen LogP contribution in [0, 0.1) is 12.8 Å². The molecule has 1 aromatic carbocycles. The first-order valence-electron chi connectivity index (χ1n) is 12.6. The van der Waals surface area contributed by atoms with Gasteiger partial charge in [-0.15, -0.1) is 22.7 Å². The molecular formula is C29H35N3O2S2. The monoisotopic (exact) mass is 521 g/mol. The first-order chi connectivity index (χ1) is 17.5. The van der Waals surface area contributed by atoms with Crippen LogP contribution in [-0.2, 0) is 6.54 Å². The van der Waals surface area contributed by atoms with E-state index in [1.807, 2.05) is 37.3 Å². The minimum atomic E-state index is -0.000708. The van der Waals surface area contributed by atoms with E-state index in [9.17, 15) is 4.79 Å². The number of hydrogen-bond acceptors (Lipinski definition) is 5. The van der Waals surface area contributed by atoms with Crippen LogP contribution in [-0.4, -0.2) is 29.1 Å². The number of ether oxygens (including phenoxy) is 1. The van der Waals surface area contributed by atoms with Crippen molar-refractivity contribution in [3.63, 3.8) is 0 Å². The topological polar surface area (TPSA) is 56.1 Å². The van der Waals surface area contributed by atoms with E-state index in [1.54, 1.807) is 29.8 Å². The molecule has 1 N–H and O–H groups in total. The normalized spacial score (nSPS) is 12.0. The van der Waals surface area contributed by atoms with Gasteiger partial charge in [-0.05, 0) is 61.0 Å². The fourth-order valence-electron chi connectivity index (χ4n) is 4.38. The number of carbonyl (C=O) groups excluding carboxylic acids is 1. The lowest BCUT2D eigenvalue weighted by atomic mass is 9.99. The van der Waals surface area contributed by atoms with Crippen molar-refractivity contribution < 1.29 is 9.53 Å². The Bertz CT molecular complexity index is 1260. The number of unbranched alkanes of at least 4 members (excludes halogenated alkanes) is 1. The molecule has 190 valence electrons. The minimum Gasteiger partial charge on any atom is -0.497 e. The van der Waals surface area contributed by atoms with E-state index in [0.29, 0.717) is 5.92 Å². The van der Waals surface area contributed by atoms with Crippen LogP contribution in [0.1, 0.15) is 60.5 Å². The van der Waals surface area contributed by atoms with Gasteiger partial charge in [0.05, 0.1) is 30.6 Å². The van der Waals surface area contributed by atoms with Gasteiger partial charge in [-0.25, -0.2) is 4.98 Å². The van der Waals surface area contributed by atoms with Gasteiger partial charge in [0.1, 0.15) is 10.8 Å². The van der Waals surface area contributed by atoms with Gasteiger partial charge >= 0.3 is 0 Å². The zero-order valence-electron chi connectivity index (χ0n) is 21.5. The highest BCUT2D eigenvalue weighted by molar-refractivity contribution is 7.13. The summed E-state index contributed by atoms with van der Waals surface area (Å²) in [5.74, 6) is 1.35. The molecule has 0 aliphatic rings. The molecule has 0 aliphatic heterocycles. The second kappa shape index (κ2) is 12.4. The highest BCUT2D eigenvalue weighted by atomic mass is 32.1. The average Bonchev–Trinajstić information content (AvgIpc) is 3.66. The Morgan fingerprint density at radius 2 is 1.97 bits per heavy atom. The summed E-state index contributed by atoms with van der Waals surface area (Å²) >= 11 is 3.34. The Kier molecular flexibility index (Phi) is 8.99. The number of carbonyl (C=O) groups is 1. The Hall–Kier alpha value is -2.90. The van der Waals surface area contributed by atoms with Crippen LogP contribution in [0.15, 0.2) is 53.2 Å². The summed E-state index contributed by atoms with van der Waals surface area (Å²) in [4.78, 5) is 19.5. The number of amides is 1. The molecule has 0 fully saturated rings. The van der Waals surface area contributed by atoms with Crippen LogP contribution in [0.3, 0.4) is 0 Å². The molecule has 0 aliphatic carbocycles. The fourth-order valence-corrected chi connectivity index (χ4v) is 5.90. The Morgan fingerprint density at radius 1 is 1.17 bits per heavy atom. The van der Waals surface area contributed by atoms with E-state index < -0.39 is 0 Å². The first kappa shape index (κ1) is 26.2. The van der Waals surface area contributed by atoms with E-state index in [-0.39, 0.29) is 5.91 Å². The van der Waals surface area contributed by atoms with E-state index in [0.717, 1.165) is 64.9 Å². The van der Waals surface area contributed by atoms with Gasteiger partial charge in [0.15, 0.2) is 0 Å². The van der Waals surface area contributed by atoms with Crippen LogP contribution >= 0.6 is 22.7 Å². The zero-order valence-corrected chi connectivity index (χ0v) is 23.2. The summed E-state index contributed by atoms with van der Waals surface area (Å²) in [5.41, 5.74) is 4.61. The fraction of sp³-hybridized carbons (Fsp3) is 0.379. The van der Waals surface area contributed by atoms with Gasteiger partial charge in [-0.3, -0.25) is 4.79 Å². The summed E-state index contributed by atoms with van der Waals surface area (Å²) in [6.45, 7) is 7.90. The third-order valence-electron chi connectivity index (χ3n) is 6.70. The second-order valence-corrected chi connectivity index (χ2v) is 11.0. The second-order valence-electron chi connectivity index (χ2n) is 9.09. The molecule has 0 radical (unpaired) electrons. The van der Waals surface area contributed by atoms with E-state index in [1.165, 1.54) is 17.7 Å². The van der Waals surface area contributed by atoms with E-state index in [4.69, 9.17) is 9.72 Å². The number of rotatable bonds is 12. The van der Waals surface area contributed by atoms with Crippen molar-refractivity contribution in [2.24, 2.45) is 5.92 Å². The number of nitrogens with one attached hydrogen (secondary N) is 1. The lowest BCUT2D eigenvalue weighted by Gasteiger charge is -2.15. The lowest BCUT2D eigenvalue weighted by molar-refractivity contribution is 0.0945. The predicted octanol–water partition coefficient (Wildman–Crippen LogP) is 7.65. The van der Waals surface area contributed by atoms with Crippen molar-refractivity contribution in [3.05, 3.63) is 69.4 Å². The lowest BCUT2D eigenvalue weighted by Crippen LogP contribution is -2.29. The Labute approximate surface area is 222 Å². The smallest absolute Gasteiger partial charge is 0.253 e. The Balaban J connectivity index is 1.62. The molecule has 3 heterocycles. The van der Waals surface area contributed by atoms with Crippen molar-refractivity contribution in [3.8, 4) is 27.7 Å². The van der Waals surface area contributed by atoms with Crippen LogP contribution < -0.4 is 10.1 Å². The van der Waals surface area contributed by atoms with Gasteiger partial charge < -0.3 is 14.6 Å². The number of thiophene rings is 1. The summed E-state index contributed by atoms with van der Waals surface area (Å²) in [7, 11) is 1.67. The molecule has 3 aromatic heterocycles. The van der Waals surface area contributed by atoms with Gasteiger partial charge in [0, 0.05) is 28.1 Å². The third kappa shape index (κ3) is 6.08. The quantitative estimate of drug-likeness (QED) is 0.208. The van der Waals surface area contributed by atoms with Gasteiger partial charge in [-0.2, -0.15) is 0 Å².